The highest BCUT2D eigenvalue weighted by molar-refractivity contribution is 5.84. The van der Waals surface area contributed by atoms with Crippen molar-refractivity contribution in [3.63, 3.8) is 0 Å². The summed E-state index contributed by atoms with van der Waals surface area (Å²) in [4.78, 5) is 18.6. The van der Waals surface area contributed by atoms with Crippen LogP contribution in [-0.4, -0.2) is 38.8 Å². The van der Waals surface area contributed by atoms with Crippen LogP contribution < -0.4 is 5.32 Å². The zero-order chi connectivity index (χ0) is 15.3. The van der Waals surface area contributed by atoms with Crippen LogP contribution in [0.15, 0.2) is 12.4 Å². The fraction of sp³-hybridized carbons (Fsp3) is 0.643. The molecule has 2 atom stereocenters. The maximum Gasteiger partial charge on any atom is 0.356 e. The summed E-state index contributed by atoms with van der Waals surface area (Å²) in [5.41, 5.74) is -0.0841. The summed E-state index contributed by atoms with van der Waals surface area (Å²) in [5.74, 6) is 0.144. The predicted octanol–water partition coefficient (Wildman–Crippen LogP) is 1.88. The van der Waals surface area contributed by atoms with Crippen molar-refractivity contribution in [3.8, 4) is 0 Å². The van der Waals surface area contributed by atoms with Gasteiger partial charge >= 0.3 is 5.97 Å². The molecule has 0 spiro atoms. The van der Waals surface area contributed by atoms with Gasteiger partial charge in [0.2, 0.25) is 0 Å². The number of aliphatic hydroxyl groups is 1. The van der Waals surface area contributed by atoms with Crippen LogP contribution >= 0.6 is 0 Å². The van der Waals surface area contributed by atoms with Gasteiger partial charge in [-0.05, 0) is 11.8 Å². The highest BCUT2D eigenvalue weighted by Gasteiger charge is 2.27. The molecule has 0 aliphatic heterocycles. The first-order valence-electron chi connectivity index (χ1n) is 6.79. The smallest absolute Gasteiger partial charge is 0.356 e. The third-order valence-corrected chi connectivity index (χ3v) is 3.43. The Bertz CT molecular complexity index is 432. The molecule has 3 N–H and O–H groups in total. The van der Waals surface area contributed by atoms with Crippen molar-refractivity contribution in [1.29, 1.82) is 0 Å². The molecule has 0 bridgehead atoms. The van der Waals surface area contributed by atoms with Crippen LogP contribution in [0.3, 0.4) is 0 Å². The van der Waals surface area contributed by atoms with E-state index in [0.29, 0.717) is 17.7 Å². The number of nitrogens with zero attached hydrogens (tertiary/aromatic N) is 2. The number of nitrogens with one attached hydrogen (secondary N) is 1. The minimum atomic E-state index is -1.10. The number of aromatic carboxylic acids is 1. The molecule has 2 unspecified atom stereocenters. The number of carboxylic acids is 1. The van der Waals surface area contributed by atoms with E-state index in [9.17, 15) is 9.90 Å². The van der Waals surface area contributed by atoms with E-state index < -0.39 is 5.97 Å². The average Bonchev–Trinajstić information content (AvgIpc) is 2.38. The Morgan fingerprint density at radius 2 is 1.85 bits per heavy atom. The molecule has 20 heavy (non-hydrogen) atoms. The lowest BCUT2D eigenvalue weighted by molar-refractivity contribution is 0.0690. The maximum atomic E-state index is 10.7. The van der Waals surface area contributed by atoms with Gasteiger partial charge in [0.15, 0.2) is 5.69 Å². The molecule has 112 valence electrons. The number of anilines is 1. The molecule has 1 rings (SSSR count). The maximum absolute atomic E-state index is 10.7. The lowest BCUT2D eigenvalue weighted by atomic mass is 9.83. The molecular weight excluding hydrogens is 258 g/mol. The number of hydrogen-bond donors (Lipinski definition) is 3. The quantitative estimate of drug-likeness (QED) is 0.706. The Morgan fingerprint density at radius 1 is 1.20 bits per heavy atom. The molecule has 0 radical (unpaired) electrons. The van der Waals surface area contributed by atoms with Crippen molar-refractivity contribution in [2.45, 2.75) is 33.7 Å². The second-order valence-corrected chi connectivity index (χ2v) is 5.60. The Balaban J connectivity index is 2.87. The van der Waals surface area contributed by atoms with Crippen LogP contribution in [0.1, 0.15) is 38.2 Å². The van der Waals surface area contributed by atoms with Crippen molar-refractivity contribution in [3.05, 3.63) is 18.1 Å². The molecule has 0 fully saturated rings. The molecule has 1 aromatic heterocycles. The normalized spacial score (nSPS) is 14.3. The molecule has 0 amide bonds. The Kier molecular flexibility index (Phi) is 5.88. The molecule has 6 nitrogen and oxygen atoms in total. The zero-order valence-corrected chi connectivity index (χ0v) is 12.4. The summed E-state index contributed by atoms with van der Waals surface area (Å²) in [5, 5.41) is 21.6. The summed E-state index contributed by atoms with van der Waals surface area (Å²) in [6, 6.07) is 0.0463. The monoisotopic (exact) mass is 281 g/mol. The number of aromatic nitrogens is 2. The first-order chi connectivity index (χ1) is 9.36. The standard InChI is InChI=1S/C14H23N3O3/c1-8(2)10(7-18)13(9(3)4)17-12-6-15-11(5-16-12)14(19)20/h5-6,8-10,13,18H,7H2,1-4H3,(H,16,17)(H,19,20). The van der Waals surface area contributed by atoms with Crippen LogP contribution in [0.5, 0.6) is 0 Å². The van der Waals surface area contributed by atoms with Crippen LogP contribution in [-0.2, 0) is 0 Å². The number of hydrogen-bond acceptors (Lipinski definition) is 5. The van der Waals surface area contributed by atoms with Gasteiger partial charge in [0, 0.05) is 18.6 Å². The van der Waals surface area contributed by atoms with E-state index in [4.69, 9.17) is 5.11 Å². The lowest BCUT2D eigenvalue weighted by Crippen LogP contribution is -2.39. The Morgan fingerprint density at radius 3 is 2.20 bits per heavy atom. The molecule has 1 aromatic rings. The molecule has 0 saturated carbocycles. The number of carbonyl (C=O) groups is 1. The molecular formula is C14H23N3O3. The highest BCUT2D eigenvalue weighted by atomic mass is 16.4. The zero-order valence-electron chi connectivity index (χ0n) is 12.4. The summed E-state index contributed by atoms with van der Waals surface area (Å²) < 4.78 is 0. The summed E-state index contributed by atoms with van der Waals surface area (Å²) in [6.07, 6.45) is 2.64. The van der Waals surface area contributed by atoms with Gasteiger partial charge in [-0.2, -0.15) is 0 Å². The van der Waals surface area contributed by atoms with Gasteiger partial charge in [0.1, 0.15) is 5.82 Å². The van der Waals surface area contributed by atoms with Crippen LogP contribution in [0.2, 0.25) is 0 Å². The van der Waals surface area contributed by atoms with E-state index in [-0.39, 0.29) is 24.3 Å². The third-order valence-electron chi connectivity index (χ3n) is 3.43. The Labute approximate surface area is 119 Å². The fourth-order valence-corrected chi connectivity index (χ4v) is 2.19. The highest BCUT2D eigenvalue weighted by Crippen LogP contribution is 2.23. The van der Waals surface area contributed by atoms with Gasteiger partial charge in [0.25, 0.3) is 0 Å². The van der Waals surface area contributed by atoms with Crippen molar-refractivity contribution in [2.24, 2.45) is 17.8 Å². The van der Waals surface area contributed by atoms with E-state index in [1.807, 2.05) is 0 Å². The van der Waals surface area contributed by atoms with Gasteiger partial charge in [-0.15, -0.1) is 0 Å². The van der Waals surface area contributed by atoms with E-state index in [2.05, 4.69) is 43.0 Å². The summed E-state index contributed by atoms with van der Waals surface area (Å²) >= 11 is 0. The van der Waals surface area contributed by atoms with E-state index >= 15 is 0 Å². The molecule has 6 heteroatoms. The van der Waals surface area contributed by atoms with Crippen molar-refractivity contribution in [2.75, 3.05) is 11.9 Å². The molecule has 0 aliphatic rings. The molecule has 0 saturated heterocycles. The second kappa shape index (κ2) is 7.19. The Hall–Kier alpha value is -1.69. The topological polar surface area (TPSA) is 95.3 Å². The minimum absolute atomic E-state index is 0.0463. The van der Waals surface area contributed by atoms with Gasteiger partial charge in [-0.3, -0.25) is 0 Å². The summed E-state index contributed by atoms with van der Waals surface area (Å²) in [6.45, 7) is 8.37. The van der Waals surface area contributed by atoms with Crippen molar-refractivity contribution in [1.82, 2.24) is 9.97 Å². The summed E-state index contributed by atoms with van der Waals surface area (Å²) in [7, 11) is 0. The number of carboxylic acid groups (broad SMARTS) is 1. The molecule has 1 heterocycles. The van der Waals surface area contributed by atoms with Gasteiger partial charge in [-0.25, -0.2) is 14.8 Å². The number of rotatable bonds is 7. The van der Waals surface area contributed by atoms with E-state index in [0.717, 1.165) is 0 Å². The predicted molar refractivity (Wildman–Crippen MR) is 76.7 cm³/mol. The van der Waals surface area contributed by atoms with Crippen LogP contribution in [0.4, 0.5) is 5.82 Å². The van der Waals surface area contributed by atoms with Crippen LogP contribution in [0, 0.1) is 17.8 Å². The van der Waals surface area contributed by atoms with Gasteiger partial charge < -0.3 is 15.5 Å². The third kappa shape index (κ3) is 4.16. The average molecular weight is 281 g/mol. The largest absolute Gasteiger partial charge is 0.476 e. The SMILES string of the molecule is CC(C)C(CO)C(Nc1cnc(C(=O)O)cn1)C(C)C. The van der Waals surface area contributed by atoms with E-state index in [1.165, 1.54) is 12.4 Å². The van der Waals surface area contributed by atoms with E-state index in [1.54, 1.807) is 0 Å². The van der Waals surface area contributed by atoms with Crippen molar-refractivity contribution < 1.29 is 15.0 Å². The molecule has 0 aliphatic carbocycles. The number of aliphatic hydroxyl groups excluding tert-OH is 1. The lowest BCUT2D eigenvalue weighted by Gasteiger charge is -2.32. The minimum Gasteiger partial charge on any atom is -0.476 e. The van der Waals surface area contributed by atoms with Gasteiger partial charge in [0.05, 0.1) is 12.4 Å². The second-order valence-electron chi connectivity index (χ2n) is 5.60. The van der Waals surface area contributed by atoms with Crippen LogP contribution in [0.25, 0.3) is 0 Å². The van der Waals surface area contributed by atoms with Gasteiger partial charge in [-0.1, -0.05) is 27.7 Å². The molecule has 0 aromatic carbocycles. The van der Waals surface area contributed by atoms with Crippen molar-refractivity contribution >= 4 is 11.8 Å². The first kappa shape index (κ1) is 16.4. The fourth-order valence-electron chi connectivity index (χ4n) is 2.19. The first-order valence-corrected chi connectivity index (χ1v) is 6.79.